The standard InChI is InChI=1S/C86H168O17P2/c1-7-10-12-14-16-18-20-21-22-23-24-25-26-27-28-35-40-46-52-58-64-70-85(90)103-82(75-97-84(89)69-63-57-51-45-39-34-30-29-33-38-43-49-55-61-67-79(6)9-3)77-101-105(94,95)99-73-80(87)72-98-104(92,93)100-76-81(74-96-83(88)68-62-56-50-44-19-17-15-13-11-8-2)102-86(91)71-65-59-53-47-41-36-31-32-37-42-48-54-60-66-78(4)5/h78-82,87H,7-77H2,1-6H3,(H,92,93)(H,94,95)/t79?,80-,81+,82+/m0/s1. The number of phosphoric ester groups is 2. The first-order chi connectivity index (χ1) is 50.9. The SMILES string of the molecule is CCCCCCCCCCCCCCCCCCCCCCCC(=O)O[C@H](COC(=O)CCCCCCCCCCCCCCCCC(C)CC)COP(=O)(O)OC[C@@H](O)COP(=O)(O)OC[C@@H](COC(=O)CCCCCCCCCCCC)OC(=O)CCCCCCCCCCCCCCCC(C)C. The van der Waals surface area contributed by atoms with Gasteiger partial charge in [-0.15, -0.1) is 0 Å². The lowest BCUT2D eigenvalue weighted by Crippen LogP contribution is -2.30. The van der Waals surface area contributed by atoms with Gasteiger partial charge < -0.3 is 33.8 Å². The number of aliphatic hydroxyl groups excluding tert-OH is 1. The molecule has 0 spiro atoms. The zero-order valence-corrected chi connectivity index (χ0v) is 70.8. The van der Waals surface area contributed by atoms with Gasteiger partial charge in [0.25, 0.3) is 0 Å². The van der Waals surface area contributed by atoms with E-state index in [2.05, 4.69) is 41.5 Å². The van der Waals surface area contributed by atoms with Gasteiger partial charge in [-0.05, 0) is 37.5 Å². The van der Waals surface area contributed by atoms with Crippen LogP contribution in [-0.2, 0) is 65.4 Å². The number of unbranched alkanes of at least 4 members (excludes halogenated alkanes) is 54. The van der Waals surface area contributed by atoms with E-state index in [4.69, 9.17) is 37.0 Å². The molecule has 0 aliphatic carbocycles. The Kier molecular flexibility index (Phi) is 76.0. The van der Waals surface area contributed by atoms with Gasteiger partial charge in [0.2, 0.25) is 0 Å². The van der Waals surface area contributed by atoms with Gasteiger partial charge in [0.05, 0.1) is 26.4 Å². The number of hydrogen-bond acceptors (Lipinski definition) is 15. The Morgan fingerprint density at radius 1 is 0.276 bits per heavy atom. The molecule has 19 heteroatoms. The Morgan fingerprint density at radius 2 is 0.486 bits per heavy atom. The molecular formula is C86H168O17P2. The van der Waals surface area contributed by atoms with Crippen LogP contribution in [0.15, 0.2) is 0 Å². The lowest BCUT2D eigenvalue weighted by atomic mass is 9.99. The van der Waals surface area contributed by atoms with Gasteiger partial charge in [-0.1, -0.05) is 408 Å². The average Bonchev–Trinajstić information content (AvgIpc) is 0.909. The summed E-state index contributed by atoms with van der Waals surface area (Å²) >= 11 is 0. The first-order valence-electron chi connectivity index (χ1n) is 44.5. The summed E-state index contributed by atoms with van der Waals surface area (Å²) in [6, 6.07) is 0. The highest BCUT2D eigenvalue weighted by molar-refractivity contribution is 7.47. The molecule has 0 saturated carbocycles. The van der Waals surface area contributed by atoms with Crippen molar-refractivity contribution in [2.75, 3.05) is 39.6 Å². The number of aliphatic hydroxyl groups is 1. The molecule has 3 N–H and O–H groups in total. The molecule has 0 aromatic rings. The second-order valence-electron chi connectivity index (χ2n) is 31.6. The molecule has 17 nitrogen and oxygen atoms in total. The summed E-state index contributed by atoms with van der Waals surface area (Å²) in [5, 5.41) is 10.7. The molecule has 0 fully saturated rings. The lowest BCUT2D eigenvalue weighted by molar-refractivity contribution is -0.161. The zero-order valence-electron chi connectivity index (χ0n) is 69.0. The summed E-state index contributed by atoms with van der Waals surface area (Å²) in [5.41, 5.74) is 0. The summed E-state index contributed by atoms with van der Waals surface area (Å²) in [6.07, 6.45) is 69.4. The first kappa shape index (κ1) is 103. The van der Waals surface area contributed by atoms with Crippen LogP contribution >= 0.6 is 15.6 Å². The molecule has 0 bridgehead atoms. The molecule has 3 unspecified atom stereocenters. The summed E-state index contributed by atoms with van der Waals surface area (Å²) in [5.74, 6) is -0.465. The summed E-state index contributed by atoms with van der Waals surface area (Å²) in [4.78, 5) is 73.2. The quantitative estimate of drug-likeness (QED) is 0.0222. The maximum atomic E-state index is 13.1. The Hall–Kier alpha value is -1.94. The zero-order chi connectivity index (χ0) is 77.1. The maximum Gasteiger partial charge on any atom is 0.472 e. The molecule has 0 aliphatic heterocycles. The van der Waals surface area contributed by atoms with Crippen LogP contribution in [0, 0.1) is 11.8 Å². The van der Waals surface area contributed by atoms with Crippen LogP contribution in [-0.4, -0.2) is 96.7 Å². The van der Waals surface area contributed by atoms with Gasteiger partial charge in [0.15, 0.2) is 12.2 Å². The number of hydrogen-bond donors (Lipinski definition) is 3. The Bertz CT molecular complexity index is 2010. The van der Waals surface area contributed by atoms with Crippen molar-refractivity contribution in [2.45, 2.75) is 477 Å². The van der Waals surface area contributed by atoms with E-state index in [-0.39, 0.29) is 25.7 Å². The second kappa shape index (κ2) is 77.4. The number of rotatable bonds is 85. The fourth-order valence-corrected chi connectivity index (χ4v) is 15.0. The largest absolute Gasteiger partial charge is 0.472 e. The monoisotopic (exact) mass is 1540 g/mol. The molecule has 0 aromatic carbocycles. The molecule has 0 amide bonds. The van der Waals surface area contributed by atoms with Gasteiger partial charge in [0, 0.05) is 25.7 Å². The van der Waals surface area contributed by atoms with Crippen LogP contribution in [0.1, 0.15) is 459 Å². The maximum absolute atomic E-state index is 13.1. The third-order valence-electron chi connectivity index (χ3n) is 20.6. The van der Waals surface area contributed by atoms with Crippen molar-refractivity contribution in [3.63, 3.8) is 0 Å². The Balaban J connectivity index is 5.23. The smallest absolute Gasteiger partial charge is 0.462 e. The summed E-state index contributed by atoms with van der Waals surface area (Å²) in [6.45, 7) is 9.73. The predicted molar refractivity (Wildman–Crippen MR) is 432 cm³/mol. The predicted octanol–water partition coefficient (Wildman–Crippen LogP) is 26.2. The molecular weight excluding hydrogens is 1370 g/mol. The minimum absolute atomic E-state index is 0.108. The van der Waals surface area contributed by atoms with Crippen LogP contribution in [0.25, 0.3) is 0 Å². The molecule has 0 heterocycles. The van der Waals surface area contributed by atoms with Crippen molar-refractivity contribution in [3.05, 3.63) is 0 Å². The highest BCUT2D eigenvalue weighted by Crippen LogP contribution is 2.45. The normalized spacial score (nSPS) is 14.1. The van der Waals surface area contributed by atoms with Crippen molar-refractivity contribution in [1.82, 2.24) is 0 Å². The van der Waals surface area contributed by atoms with Crippen LogP contribution in [0.5, 0.6) is 0 Å². The first-order valence-corrected chi connectivity index (χ1v) is 47.5. The molecule has 624 valence electrons. The van der Waals surface area contributed by atoms with Gasteiger partial charge in [-0.25, -0.2) is 9.13 Å². The van der Waals surface area contributed by atoms with Crippen LogP contribution < -0.4 is 0 Å². The van der Waals surface area contributed by atoms with E-state index in [0.717, 1.165) is 102 Å². The molecule has 0 aromatic heterocycles. The van der Waals surface area contributed by atoms with Crippen molar-refractivity contribution in [3.8, 4) is 0 Å². The molecule has 0 saturated heterocycles. The average molecular weight is 1540 g/mol. The fraction of sp³-hybridized carbons (Fsp3) is 0.953. The molecule has 6 atom stereocenters. The molecule has 105 heavy (non-hydrogen) atoms. The van der Waals surface area contributed by atoms with Crippen LogP contribution in [0.4, 0.5) is 0 Å². The highest BCUT2D eigenvalue weighted by atomic mass is 31.2. The number of ether oxygens (including phenoxy) is 4. The van der Waals surface area contributed by atoms with E-state index in [1.54, 1.807) is 0 Å². The number of carbonyl (C=O) groups excluding carboxylic acids is 4. The topological polar surface area (TPSA) is 237 Å². The van der Waals surface area contributed by atoms with E-state index < -0.39 is 97.5 Å². The molecule has 0 aliphatic rings. The van der Waals surface area contributed by atoms with Crippen molar-refractivity contribution >= 4 is 39.5 Å². The third-order valence-corrected chi connectivity index (χ3v) is 22.5. The Morgan fingerprint density at radius 3 is 0.724 bits per heavy atom. The lowest BCUT2D eigenvalue weighted by Gasteiger charge is -2.21. The third kappa shape index (κ3) is 78.5. The highest BCUT2D eigenvalue weighted by Gasteiger charge is 2.30. The van der Waals surface area contributed by atoms with Crippen LogP contribution in [0.3, 0.4) is 0 Å². The van der Waals surface area contributed by atoms with E-state index >= 15 is 0 Å². The van der Waals surface area contributed by atoms with E-state index in [1.165, 1.54) is 276 Å². The molecule has 0 rings (SSSR count). The fourth-order valence-electron chi connectivity index (χ4n) is 13.4. The number of esters is 4. The Labute approximate surface area is 645 Å². The van der Waals surface area contributed by atoms with E-state index in [9.17, 15) is 43.2 Å². The minimum Gasteiger partial charge on any atom is -0.462 e. The van der Waals surface area contributed by atoms with Gasteiger partial charge >= 0.3 is 39.5 Å². The van der Waals surface area contributed by atoms with Gasteiger partial charge in [0.1, 0.15) is 19.3 Å². The second-order valence-corrected chi connectivity index (χ2v) is 34.6. The number of carbonyl (C=O) groups is 4. The van der Waals surface area contributed by atoms with E-state index in [0.29, 0.717) is 25.7 Å². The van der Waals surface area contributed by atoms with Gasteiger partial charge in [-0.2, -0.15) is 0 Å². The number of phosphoric acid groups is 2. The van der Waals surface area contributed by atoms with Gasteiger partial charge in [-0.3, -0.25) is 37.3 Å². The molecule has 0 radical (unpaired) electrons. The summed E-state index contributed by atoms with van der Waals surface area (Å²) in [7, 11) is -9.93. The van der Waals surface area contributed by atoms with Crippen molar-refractivity contribution < 1.29 is 80.2 Å². The van der Waals surface area contributed by atoms with Crippen LogP contribution in [0.2, 0.25) is 0 Å². The van der Waals surface area contributed by atoms with E-state index in [1.807, 2.05) is 0 Å². The van der Waals surface area contributed by atoms with Crippen molar-refractivity contribution in [2.24, 2.45) is 11.8 Å². The minimum atomic E-state index is -4.97. The van der Waals surface area contributed by atoms with Crippen molar-refractivity contribution in [1.29, 1.82) is 0 Å². The summed E-state index contributed by atoms with van der Waals surface area (Å²) < 4.78 is 68.9.